The lowest BCUT2D eigenvalue weighted by atomic mass is 10.1. The number of benzene rings is 2. The number of carbonyl (C=O) groups is 1. The number of rotatable bonds is 10. The van der Waals surface area contributed by atoms with Crippen molar-refractivity contribution in [3.05, 3.63) is 84.4 Å². The van der Waals surface area contributed by atoms with Gasteiger partial charge in [-0.15, -0.1) is 5.10 Å². The van der Waals surface area contributed by atoms with Gasteiger partial charge >= 0.3 is 5.97 Å². The zero-order chi connectivity index (χ0) is 24.1. The van der Waals surface area contributed by atoms with Gasteiger partial charge in [0.05, 0.1) is 13.8 Å². The van der Waals surface area contributed by atoms with E-state index in [1.165, 1.54) is 4.68 Å². The average molecular weight is 448 g/mol. The van der Waals surface area contributed by atoms with Crippen LogP contribution in [-0.2, 0) is 24.5 Å². The molecule has 0 fully saturated rings. The average Bonchev–Trinajstić information content (AvgIpc) is 3.48. The van der Waals surface area contributed by atoms with Crippen LogP contribution < -0.4 is 9.64 Å². The minimum absolute atomic E-state index is 0.152. The van der Waals surface area contributed by atoms with Gasteiger partial charge in [0.1, 0.15) is 30.4 Å². The highest BCUT2D eigenvalue weighted by Gasteiger charge is 2.15. The molecule has 4 rings (SSSR count). The largest absolute Gasteiger partial charge is 0.487 e. The summed E-state index contributed by atoms with van der Waals surface area (Å²) < 4.78 is 21.5. The number of carboxylic acid groups (broad SMARTS) is 1. The third-order valence-corrected chi connectivity index (χ3v) is 5.08. The van der Waals surface area contributed by atoms with Crippen molar-refractivity contribution in [2.75, 3.05) is 4.90 Å². The maximum Gasteiger partial charge on any atom is 0.325 e. The van der Waals surface area contributed by atoms with Gasteiger partial charge in [-0.3, -0.25) is 4.79 Å². The number of aromatic nitrogens is 3. The van der Waals surface area contributed by atoms with Gasteiger partial charge in [-0.05, 0) is 56.3 Å². The standard InChI is InChI=1S/C25H26N4O4/c1-18(2)29(22-11-9-19(10-12-22)23-8-5-13-32-23)14-20-6-3-4-7-24(20)33-17-21-15-28(27-26-21)16-25(30)31/h3-13,15,18H,14,16-17H2,1-2H3,(H,30,31)/i18D. The summed E-state index contributed by atoms with van der Waals surface area (Å²) in [6, 6.07) is 18.5. The molecule has 0 saturated heterocycles. The lowest BCUT2D eigenvalue weighted by Gasteiger charge is -2.30. The topological polar surface area (TPSA) is 93.6 Å². The molecule has 2 aromatic heterocycles. The first-order valence-corrected chi connectivity index (χ1v) is 10.5. The van der Waals surface area contributed by atoms with Gasteiger partial charge in [0.25, 0.3) is 0 Å². The lowest BCUT2D eigenvalue weighted by Crippen LogP contribution is -2.30. The van der Waals surface area contributed by atoms with Crippen LogP contribution in [0, 0.1) is 0 Å². The summed E-state index contributed by atoms with van der Waals surface area (Å²) in [5, 5.41) is 16.7. The lowest BCUT2D eigenvalue weighted by molar-refractivity contribution is -0.137. The van der Waals surface area contributed by atoms with Gasteiger partial charge in [-0.25, -0.2) is 4.68 Å². The fourth-order valence-electron chi connectivity index (χ4n) is 3.47. The molecule has 0 amide bonds. The molecular formula is C25H26N4O4. The molecule has 2 aromatic carbocycles. The molecule has 4 aromatic rings. The molecule has 0 aliphatic heterocycles. The Hall–Kier alpha value is -4.07. The van der Waals surface area contributed by atoms with Gasteiger partial charge < -0.3 is 19.2 Å². The molecule has 1 N–H and O–H groups in total. The Morgan fingerprint density at radius 1 is 1.18 bits per heavy atom. The predicted octanol–water partition coefficient (Wildman–Crippen LogP) is 4.62. The van der Waals surface area contributed by atoms with Crippen molar-refractivity contribution in [2.45, 2.75) is 39.6 Å². The van der Waals surface area contributed by atoms with E-state index in [0.717, 1.165) is 22.6 Å². The van der Waals surface area contributed by atoms with Gasteiger partial charge in [0.15, 0.2) is 0 Å². The summed E-state index contributed by atoms with van der Waals surface area (Å²) in [5.74, 6) is 0.469. The van der Waals surface area contributed by atoms with Crippen LogP contribution in [0.4, 0.5) is 5.69 Å². The second-order valence-electron chi connectivity index (χ2n) is 7.76. The SMILES string of the molecule is [2H]C(C)(C)N(Cc1ccccc1OCc1cn(CC(=O)O)nn1)c1ccc(-c2ccco2)cc1. The number of furan rings is 1. The van der Waals surface area contributed by atoms with E-state index in [4.69, 9.17) is 15.6 Å². The van der Waals surface area contributed by atoms with Crippen molar-refractivity contribution >= 4 is 11.7 Å². The molecule has 33 heavy (non-hydrogen) atoms. The van der Waals surface area contributed by atoms with Gasteiger partial charge in [-0.2, -0.15) is 0 Å². The number of para-hydroxylation sites is 1. The van der Waals surface area contributed by atoms with E-state index < -0.39 is 12.0 Å². The molecule has 0 bridgehead atoms. The van der Waals surface area contributed by atoms with Crippen LogP contribution in [0.2, 0.25) is 0 Å². The number of aliphatic carboxylic acids is 1. The summed E-state index contributed by atoms with van der Waals surface area (Å²) in [4.78, 5) is 12.8. The highest BCUT2D eigenvalue weighted by atomic mass is 16.5. The summed E-state index contributed by atoms with van der Waals surface area (Å²) in [6.45, 7) is 4.04. The molecule has 0 radical (unpaired) electrons. The van der Waals surface area contributed by atoms with Crippen molar-refractivity contribution in [3.8, 4) is 17.1 Å². The zero-order valence-corrected chi connectivity index (χ0v) is 18.5. The Morgan fingerprint density at radius 3 is 2.67 bits per heavy atom. The van der Waals surface area contributed by atoms with E-state index in [9.17, 15) is 4.79 Å². The van der Waals surface area contributed by atoms with Gasteiger partial charge in [0.2, 0.25) is 0 Å². The Balaban J connectivity index is 1.51. The molecule has 0 unspecified atom stereocenters. The van der Waals surface area contributed by atoms with E-state index >= 15 is 0 Å². The Morgan fingerprint density at radius 2 is 1.97 bits per heavy atom. The van der Waals surface area contributed by atoms with Crippen LogP contribution in [0.1, 0.15) is 26.5 Å². The number of ether oxygens (including phenoxy) is 1. The first-order chi connectivity index (χ1) is 16.3. The Labute approximate surface area is 193 Å². The van der Waals surface area contributed by atoms with Crippen molar-refractivity contribution in [3.63, 3.8) is 0 Å². The molecule has 0 spiro atoms. The fourth-order valence-corrected chi connectivity index (χ4v) is 3.47. The summed E-state index contributed by atoms with van der Waals surface area (Å²) >= 11 is 0. The maximum absolute atomic E-state index is 10.8. The third kappa shape index (κ3) is 5.60. The normalized spacial score (nSPS) is 11.8. The quantitative estimate of drug-likeness (QED) is 0.379. The number of hydrogen-bond acceptors (Lipinski definition) is 6. The molecule has 0 atom stereocenters. The number of nitrogens with zero attached hydrogens (tertiary/aromatic N) is 4. The zero-order valence-electron chi connectivity index (χ0n) is 19.5. The first kappa shape index (κ1) is 20.8. The Kier molecular flexibility index (Phi) is 6.33. The van der Waals surface area contributed by atoms with E-state index in [1.807, 2.05) is 79.4 Å². The molecule has 170 valence electrons. The highest BCUT2D eigenvalue weighted by Crippen LogP contribution is 2.28. The minimum Gasteiger partial charge on any atom is -0.487 e. The fraction of sp³-hybridized carbons (Fsp3) is 0.240. The van der Waals surface area contributed by atoms with Crippen molar-refractivity contribution < 1.29 is 20.4 Å². The predicted molar refractivity (Wildman–Crippen MR) is 124 cm³/mol. The molecule has 8 heteroatoms. The van der Waals surface area contributed by atoms with E-state index in [0.29, 0.717) is 18.0 Å². The van der Waals surface area contributed by atoms with Crippen LogP contribution in [0.3, 0.4) is 0 Å². The van der Waals surface area contributed by atoms with E-state index in [1.54, 1.807) is 12.5 Å². The maximum atomic E-state index is 10.8. The van der Waals surface area contributed by atoms with Crippen LogP contribution in [0.15, 0.2) is 77.5 Å². The van der Waals surface area contributed by atoms with Crippen molar-refractivity contribution in [1.29, 1.82) is 0 Å². The van der Waals surface area contributed by atoms with Crippen molar-refractivity contribution in [1.82, 2.24) is 15.0 Å². The van der Waals surface area contributed by atoms with Crippen LogP contribution in [0.5, 0.6) is 5.75 Å². The molecular weight excluding hydrogens is 420 g/mol. The molecule has 0 saturated carbocycles. The second kappa shape index (κ2) is 10.0. The molecule has 0 aliphatic carbocycles. The van der Waals surface area contributed by atoms with Crippen LogP contribution in [0.25, 0.3) is 11.3 Å². The molecule has 0 aliphatic rings. The van der Waals surface area contributed by atoms with Crippen LogP contribution >= 0.6 is 0 Å². The number of carboxylic acids is 1. The Bertz CT molecular complexity index is 1230. The summed E-state index contributed by atoms with van der Waals surface area (Å²) in [7, 11) is 0. The smallest absolute Gasteiger partial charge is 0.325 e. The monoisotopic (exact) mass is 447 g/mol. The number of anilines is 1. The van der Waals surface area contributed by atoms with Gasteiger partial charge in [0, 0.05) is 29.4 Å². The third-order valence-electron chi connectivity index (χ3n) is 5.08. The van der Waals surface area contributed by atoms with Crippen LogP contribution in [-0.4, -0.2) is 32.1 Å². The summed E-state index contributed by atoms with van der Waals surface area (Å²) in [5.41, 5.74) is 3.32. The van der Waals surface area contributed by atoms with Crippen molar-refractivity contribution in [2.24, 2.45) is 0 Å². The van der Waals surface area contributed by atoms with E-state index in [2.05, 4.69) is 10.3 Å². The second-order valence-corrected chi connectivity index (χ2v) is 7.76. The first-order valence-electron chi connectivity index (χ1n) is 11.0. The van der Waals surface area contributed by atoms with Gasteiger partial charge in [-0.1, -0.05) is 23.4 Å². The number of hydrogen-bond donors (Lipinski definition) is 1. The minimum atomic E-state index is -0.988. The van der Waals surface area contributed by atoms with E-state index in [-0.39, 0.29) is 13.2 Å². The molecule has 8 nitrogen and oxygen atoms in total. The highest BCUT2D eigenvalue weighted by molar-refractivity contribution is 5.66. The molecule has 2 heterocycles. The summed E-state index contributed by atoms with van der Waals surface area (Å²) in [6.07, 6.45) is 3.20.